The van der Waals surface area contributed by atoms with Gasteiger partial charge in [0.25, 0.3) is 5.91 Å². The molecule has 0 spiro atoms. The van der Waals surface area contributed by atoms with E-state index in [9.17, 15) is 4.79 Å². The fourth-order valence-electron chi connectivity index (χ4n) is 3.59. The molecule has 1 aliphatic heterocycles. The summed E-state index contributed by atoms with van der Waals surface area (Å²) in [5.74, 6) is 2.32. The van der Waals surface area contributed by atoms with E-state index in [1.165, 1.54) is 11.3 Å². The Kier molecular flexibility index (Phi) is 5.03. The van der Waals surface area contributed by atoms with Crippen LogP contribution in [0.4, 0.5) is 0 Å². The Hall–Kier alpha value is -2.54. The number of aromatic nitrogens is 4. The lowest BCUT2D eigenvalue weighted by Crippen LogP contribution is -2.38. The number of piperidine rings is 1. The van der Waals surface area contributed by atoms with Crippen LogP contribution in [0.5, 0.6) is 0 Å². The minimum absolute atomic E-state index is 0.127. The van der Waals surface area contributed by atoms with Gasteiger partial charge in [0.15, 0.2) is 5.82 Å². The van der Waals surface area contributed by atoms with Crippen molar-refractivity contribution in [1.82, 2.24) is 25.1 Å². The number of likely N-dealkylation sites (tertiary alicyclic amines) is 1. The van der Waals surface area contributed by atoms with Gasteiger partial charge < -0.3 is 4.90 Å². The van der Waals surface area contributed by atoms with Gasteiger partial charge in [-0.1, -0.05) is 30.3 Å². The molecule has 0 unspecified atom stereocenters. The lowest BCUT2D eigenvalue weighted by atomic mass is 9.93. The maximum absolute atomic E-state index is 12.7. The highest BCUT2D eigenvalue weighted by atomic mass is 32.1. The van der Waals surface area contributed by atoms with Crippen LogP contribution in [0.25, 0.3) is 11.4 Å². The number of hydrogen-bond acceptors (Lipinski definition) is 5. The predicted octanol–water partition coefficient (Wildman–Crippen LogP) is 3.64. The number of aromatic amines is 1. The number of benzene rings is 1. The third-order valence-corrected chi connectivity index (χ3v) is 6.11. The van der Waals surface area contributed by atoms with Gasteiger partial charge in [0, 0.05) is 25.1 Å². The summed E-state index contributed by atoms with van der Waals surface area (Å²) in [6.45, 7) is 5.44. The van der Waals surface area contributed by atoms with Crippen LogP contribution in [0.2, 0.25) is 0 Å². The maximum Gasteiger partial charge on any atom is 0.265 e. The smallest absolute Gasteiger partial charge is 0.265 e. The summed E-state index contributed by atoms with van der Waals surface area (Å²) >= 11 is 1.49. The average Bonchev–Trinajstić information content (AvgIpc) is 3.28. The number of hydrogen-bond donors (Lipinski definition) is 1. The normalized spacial score (nSPS) is 15.3. The Balaban J connectivity index is 1.34. The zero-order valence-corrected chi connectivity index (χ0v) is 16.4. The number of amides is 1. The Labute approximate surface area is 162 Å². The van der Waals surface area contributed by atoms with E-state index in [2.05, 4.69) is 20.2 Å². The molecule has 6 nitrogen and oxygen atoms in total. The number of aryl methyl sites for hydroxylation is 2. The Morgan fingerprint density at radius 3 is 2.59 bits per heavy atom. The van der Waals surface area contributed by atoms with E-state index in [-0.39, 0.29) is 5.91 Å². The summed E-state index contributed by atoms with van der Waals surface area (Å²) in [5.41, 5.74) is 1.87. The first kappa shape index (κ1) is 17.9. The van der Waals surface area contributed by atoms with E-state index in [0.717, 1.165) is 65.1 Å². The molecule has 2 aromatic heterocycles. The van der Waals surface area contributed by atoms with Crippen LogP contribution in [0.15, 0.2) is 30.3 Å². The van der Waals surface area contributed by atoms with Crippen LogP contribution in [0, 0.1) is 19.8 Å². The van der Waals surface area contributed by atoms with E-state index < -0.39 is 0 Å². The van der Waals surface area contributed by atoms with Gasteiger partial charge in [-0.3, -0.25) is 9.89 Å². The van der Waals surface area contributed by atoms with E-state index in [1.807, 2.05) is 49.1 Å². The van der Waals surface area contributed by atoms with Crippen LogP contribution in [0.1, 0.15) is 39.0 Å². The van der Waals surface area contributed by atoms with Crippen molar-refractivity contribution in [3.63, 3.8) is 0 Å². The zero-order valence-electron chi connectivity index (χ0n) is 15.6. The first-order valence-electron chi connectivity index (χ1n) is 9.30. The molecular weight excluding hydrogens is 358 g/mol. The molecule has 0 aliphatic carbocycles. The monoisotopic (exact) mass is 381 g/mol. The van der Waals surface area contributed by atoms with E-state index in [1.54, 1.807) is 0 Å². The van der Waals surface area contributed by atoms with Gasteiger partial charge in [-0.2, -0.15) is 5.10 Å². The molecule has 140 valence electrons. The number of carbonyl (C=O) groups excluding carboxylic acids is 1. The summed E-state index contributed by atoms with van der Waals surface area (Å²) < 4.78 is 0. The molecule has 27 heavy (non-hydrogen) atoms. The van der Waals surface area contributed by atoms with Gasteiger partial charge in [-0.25, -0.2) is 9.97 Å². The number of thiazole rings is 1. The fourth-order valence-corrected chi connectivity index (χ4v) is 4.48. The minimum atomic E-state index is 0.127. The number of H-pyrrole nitrogens is 1. The number of rotatable bonds is 4. The molecule has 1 fully saturated rings. The van der Waals surface area contributed by atoms with E-state index in [0.29, 0.717) is 5.92 Å². The highest BCUT2D eigenvalue weighted by Gasteiger charge is 2.26. The molecule has 3 heterocycles. The van der Waals surface area contributed by atoms with Crippen molar-refractivity contribution >= 4 is 17.2 Å². The maximum atomic E-state index is 12.7. The molecule has 1 amide bonds. The highest BCUT2D eigenvalue weighted by molar-refractivity contribution is 7.13. The van der Waals surface area contributed by atoms with Crippen LogP contribution in [-0.4, -0.2) is 44.1 Å². The third-order valence-electron chi connectivity index (χ3n) is 5.05. The molecule has 0 bridgehead atoms. The second-order valence-corrected chi connectivity index (χ2v) is 8.26. The fraction of sp³-hybridized carbons (Fsp3) is 0.400. The quantitative estimate of drug-likeness (QED) is 0.749. The molecule has 0 saturated carbocycles. The molecule has 4 rings (SSSR count). The van der Waals surface area contributed by atoms with E-state index >= 15 is 0 Å². The molecule has 1 saturated heterocycles. The standard InChI is InChI=1S/C20H23N5OS/c1-13-18(27-14(2)21-13)20(26)25-10-8-15(9-11-25)12-17-22-19(24-23-17)16-6-4-3-5-7-16/h3-7,15H,8-12H2,1-2H3,(H,22,23,24). The van der Waals surface area contributed by atoms with Crippen LogP contribution in [0.3, 0.4) is 0 Å². The third kappa shape index (κ3) is 3.93. The second-order valence-electron chi connectivity index (χ2n) is 7.06. The van der Waals surface area contributed by atoms with Crippen molar-refractivity contribution in [3.05, 3.63) is 51.7 Å². The number of nitrogens with one attached hydrogen (secondary N) is 1. The van der Waals surface area contributed by atoms with Crippen LogP contribution >= 0.6 is 11.3 Å². The summed E-state index contributed by atoms with van der Waals surface area (Å²) in [6, 6.07) is 10.00. The van der Waals surface area contributed by atoms with Crippen molar-refractivity contribution in [1.29, 1.82) is 0 Å². The lowest BCUT2D eigenvalue weighted by Gasteiger charge is -2.31. The van der Waals surface area contributed by atoms with Crippen molar-refractivity contribution in [2.24, 2.45) is 5.92 Å². The van der Waals surface area contributed by atoms with Gasteiger partial charge in [-0.05, 0) is 32.6 Å². The minimum Gasteiger partial charge on any atom is -0.338 e. The van der Waals surface area contributed by atoms with Crippen molar-refractivity contribution in [2.75, 3.05) is 13.1 Å². The summed E-state index contributed by atoms with van der Waals surface area (Å²) in [6.07, 6.45) is 2.86. The summed E-state index contributed by atoms with van der Waals surface area (Å²) in [4.78, 5) is 24.5. The second kappa shape index (κ2) is 7.60. The van der Waals surface area contributed by atoms with Crippen LogP contribution < -0.4 is 0 Å². The predicted molar refractivity (Wildman–Crippen MR) is 106 cm³/mol. The Morgan fingerprint density at radius 1 is 1.19 bits per heavy atom. The topological polar surface area (TPSA) is 74.8 Å². The molecule has 3 aromatic rings. The van der Waals surface area contributed by atoms with Gasteiger partial charge in [0.05, 0.1) is 10.7 Å². The summed E-state index contributed by atoms with van der Waals surface area (Å²) in [7, 11) is 0. The largest absolute Gasteiger partial charge is 0.338 e. The number of nitrogens with zero attached hydrogens (tertiary/aromatic N) is 4. The van der Waals surface area contributed by atoms with Crippen molar-refractivity contribution < 1.29 is 4.79 Å². The molecule has 0 atom stereocenters. The zero-order chi connectivity index (χ0) is 18.8. The van der Waals surface area contributed by atoms with Crippen molar-refractivity contribution in [2.45, 2.75) is 33.1 Å². The van der Waals surface area contributed by atoms with Crippen LogP contribution in [-0.2, 0) is 6.42 Å². The SMILES string of the molecule is Cc1nc(C)c(C(=O)N2CCC(Cc3nc(-c4ccccc4)n[nH]3)CC2)s1. The Morgan fingerprint density at radius 2 is 1.93 bits per heavy atom. The molecule has 1 aromatic carbocycles. The van der Waals surface area contributed by atoms with Crippen molar-refractivity contribution in [3.8, 4) is 11.4 Å². The summed E-state index contributed by atoms with van der Waals surface area (Å²) in [5, 5.41) is 8.36. The van der Waals surface area contributed by atoms with Gasteiger partial charge in [0.1, 0.15) is 10.7 Å². The first-order chi connectivity index (χ1) is 13.1. The number of carbonyl (C=O) groups is 1. The molecule has 1 N–H and O–H groups in total. The molecule has 1 aliphatic rings. The van der Waals surface area contributed by atoms with Gasteiger partial charge in [-0.15, -0.1) is 11.3 Å². The molecule has 7 heteroatoms. The molecular formula is C20H23N5OS. The van der Waals surface area contributed by atoms with E-state index in [4.69, 9.17) is 0 Å². The van der Waals surface area contributed by atoms with Gasteiger partial charge in [0.2, 0.25) is 0 Å². The molecule has 0 radical (unpaired) electrons. The first-order valence-corrected chi connectivity index (χ1v) is 10.1. The van der Waals surface area contributed by atoms with Gasteiger partial charge >= 0.3 is 0 Å². The Bertz CT molecular complexity index is 925. The lowest BCUT2D eigenvalue weighted by molar-refractivity contribution is 0.0694. The average molecular weight is 382 g/mol. The highest BCUT2D eigenvalue weighted by Crippen LogP contribution is 2.25.